The summed E-state index contributed by atoms with van der Waals surface area (Å²) in [6.07, 6.45) is 0.734. The molecule has 0 aliphatic heterocycles. The van der Waals surface area contributed by atoms with Gasteiger partial charge in [0.05, 0.1) is 7.11 Å². The van der Waals surface area contributed by atoms with Crippen LogP contribution in [0, 0.1) is 0 Å². The quantitative estimate of drug-likeness (QED) is 0.797. The topological polar surface area (TPSA) is 67.4 Å². The van der Waals surface area contributed by atoms with E-state index in [0.717, 1.165) is 12.0 Å². The Labute approximate surface area is 115 Å². The molecule has 0 fully saturated rings. The van der Waals surface area contributed by atoms with Gasteiger partial charge in [0.2, 0.25) is 10.0 Å². The molecule has 5 nitrogen and oxygen atoms in total. The summed E-state index contributed by atoms with van der Waals surface area (Å²) in [4.78, 5) is 0.183. The summed E-state index contributed by atoms with van der Waals surface area (Å²) < 4.78 is 32.4. The number of methoxy groups -OCH3 is 1. The maximum Gasteiger partial charge on any atom is 0.244 e. The van der Waals surface area contributed by atoms with Crippen LogP contribution in [-0.4, -0.2) is 28.6 Å². The zero-order valence-electron chi connectivity index (χ0n) is 11.9. The number of ether oxygens (including phenoxy) is 1. The van der Waals surface area contributed by atoms with Gasteiger partial charge in [-0.2, -0.15) is 0 Å². The standard InChI is InChI=1S/C13H22N2O3S/c1-5-10(2)15-19(16,17)13-8-11(9-14-3)6-7-12(13)18-4/h6-8,10,14-15H,5,9H2,1-4H3. The first-order valence-corrected chi connectivity index (χ1v) is 7.76. The minimum absolute atomic E-state index is 0.109. The molecule has 0 heterocycles. The van der Waals surface area contributed by atoms with Crippen molar-refractivity contribution in [2.24, 2.45) is 0 Å². The summed E-state index contributed by atoms with van der Waals surface area (Å²) in [5, 5.41) is 3.00. The van der Waals surface area contributed by atoms with Gasteiger partial charge in [0, 0.05) is 12.6 Å². The Bertz CT molecular complexity index is 515. The molecule has 0 aliphatic carbocycles. The van der Waals surface area contributed by atoms with Crippen LogP contribution in [0.15, 0.2) is 23.1 Å². The smallest absolute Gasteiger partial charge is 0.244 e. The van der Waals surface area contributed by atoms with Gasteiger partial charge >= 0.3 is 0 Å². The predicted molar refractivity (Wildman–Crippen MR) is 75.8 cm³/mol. The van der Waals surface area contributed by atoms with E-state index in [1.54, 1.807) is 12.1 Å². The Morgan fingerprint density at radius 2 is 2.05 bits per heavy atom. The molecule has 0 amide bonds. The number of benzene rings is 1. The van der Waals surface area contributed by atoms with Gasteiger partial charge in [-0.05, 0) is 38.1 Å². The highest BCUT2D eigenvalue weighted by atomic mass is 32.2. The van der Waals surface area contributed by atoms with Crippen LogP contribution in [0.5, 0.6) is 5.75 Å². The zero-order valence-corrected chi connectivity index (χ0v) is 12.7. The second kappa shape index (κ2) is 6.88. The summed E-state index contributed by atoms with van der Waals surface area (Å²) in [5.41, 5.74) is 0.896. The van der Waals surface area contributed by atoms with E-state index >= 15 is 0 Å². The van der Waals surface area contributed by atoms with Crippen molar-refractivity contribution in [3.05, 3.63) is 23.8 Å². The molecule has 2 N–H and O–H groups in total. The van der Waals surface area contributed by atoms with E-state index in [-0.39, 0.29) is 10.9 Å². The highest BCUT2D eigenvalue weighted by molar-refractivity contribution is 7.89. The molecule has 6 heteroatoms. The average Bonchev–Trinajstić information content (AvgIpc) is 2.38. The maximum atomic E-state index is 12.3. The minimum Gasteiger partial charge on any atom is -0.495 e. The van der Waals surface area contributed by atoms with E-state index in [1.165, 1.54) is 7.11 Å². The van der Waals surface area contributed by atoms with Crippen molar-refractivity contribution < 1.29 is 13.2 Å². The summed E-state index contributed by atoms with van der Waals surface area (Å²) in [6.45, 7) is 4.37. The molecule has 0 spiro atoms. The third-order valence-electron chi connectivity index (χ3n) is 2.87. The third kappa shape index (κ3) is 4.19. The Kier molecular flexibility index (Phi) is 5.78. The minimum atomic E-state index is -3.56. The van der Waals surface area contributed by atoms with Gasteiger partial charge < -0.3 is 10.1 Å². The highest BCUT2D eigenvalue weighted by Crippen LogP contribution is 2.25. The molecule has 0 aliphatic rings. The van der Waals surface area contributed by atoms with Gasteiger partial charge in [-0.15, -0.1) is 0 Å². The SMILES string of the molecule is CCC(C)NS(=O)(=O)c1cc(CNC)ccc1OC. The summed E-state index contributed by atoms with van der Waals surface area (Å²) in [7, 11) is -0.275. The molecule has 0 radical (unpaired) electrons. The molecule has 0 aromatic heterocycles. The van der Waals surface area contributed by atoms with Crippen LogP contribution in [0.25, 0.3) is 0 Å². The molecule has 1 aromatic rings. The molecular formula is C13H22N2O3S. The fourth-order valence-corrected chi connectivity index (χ4v) is 3.20. The van der Waals surface area contributed by atoms with Crippen molar-refractivity contribution in [2.45, 2.75) is 37.8 Å². The average molecular weight is 286 g/mol. The first-order chi connectivity index (χ1) is 8.94. The van der Waals surface area contributed by atoms with Crippen LogP contribution in [0.3, 0.4) is 0 Å². The molecule has 1 rings (SSSR count). The van der Waals surface area contributed by atoms with Crippen LogP contribution in [0.4, 0.5) is 0 Å². The maximum absolute atomic E-state index is 12.3. The van der Waals surface area contributed by atoms with Crippen molar-refractivity contribution in [2.75, 3.05) is 14.2 Å². The second-order valence-electron chi connectivity index (χ2n) is 4.45. The van der Waals surface area contributed by atoms with Crippen LogP contribution in [0.1, 0.15) is 25.8 Å². The van der Waals surface area contributed by atoms with Crippen molar-refractivity contribution in [3.63, 3.8) is 0 Å². The van der Waals surface area contributed by atoms with Crippen molar-refractivity contribution in [3.8, 4) is 5.75 Å². The molecule has 108 valence electrons. The highest BCUT2D eigenvalue weighted by Gasteiger charge is 2.21. The van der Waals surface area contributed by atoms with E-state index in [2.05, 4.69) is 10.0 Å². The number of rotatable bonds is 7. The largest absolute Gasteiger partial charge is 0.495 e. The molecule has 0 saturated heterocycles. The lowest BCUT2D eigenvalue weighted by Gasteiger charge is -2.15. The number of hydrogen-bond acceptors (Lipinski definition) is 4. The monoisotopic (exact) mass is 286 g/mol. The zero-order chi connectivity index (χ0) is 14.5. The summed E-state index contributed by atoms with van der Waals surface area (Å²) in [5.74, 6) is 0.357. The first-order valence-electron chi connectivity index (χ1n) is 6.28. The molecule has 0 saturated carbocycles. The molecule has 1 atom stereocenters. The van der Waals surface area contributed by atoms with E-state index < -0.39 is 10.0 Å². The Morgan fingerprint density at radius 1 is 1.37 bits per heavy atom. The predicted octanol–water partition coefficient (Wildman–Crippen LogP) is 1.49. The molecule has 1 aromatic carbocycles. The van der Waals surface area contributed by atoms with Gasteiger partial charge in [-0.3, -0.25) is 0 Å². The molecule has 1 unspecified atom stereocenters. The Hall–Kier alpha value is -1.11. The fraction of sp³-hybridized carbons (Fsp3) is 0.538. The van der Waals surface area contributed by atoms with Crippen LogP contribution in [0.2, 0.25) is 0 Å². The number of sulfonamides is 1. The van der Waals surface area contributed by atoms with Gasteiger partial charge in [-0.1, -0.05) is 13.0 Å². The molecule has 0 bridgehead atoms. The Morgan fingerprint density at radius 3 is 2.58 bits per heavy atom. The van der Waals surface area contributed by atoms with Crippen molar-refractivity contribution >= 4 is 10.0 Å². The lowest BCUT2D eigenvalue weighted by molar-refractivity contribution is 0.401. The van der Waals surface area contributed by atoms with E-state index in [9.17, 15) is 8.42 Å². The molecular weight excluding hydrogens is 264 g/mol. The van der Waals surface area contributed by atoms with Crippen LogP contribution < -0.4 is 14.8 Å². The Balaban J connectivity index is 3.18. The van der Waals surface area contributed by atoms with Gasteiger partial charge in [0.15, 0.2) is 0 Å². The normalized spacial score (nSPS) is 13.3. The lowest BCUT2D eigenvalue weighted by Crippen LogP contribution is -2.32. The van der Waals surface area contributed by atoms with Crippen LogP contribution in [-0.2, 0) is 16.6 Å². The van der Waals surface area contributed by atoms with Gasteiger partial charge in [-0.25, -0.2) is 13.1 Å². The van der Waals surface area contributed by atoms with E-state index in [1.807, 2.05) is 27.0 Å². The summed E-state index contributed by atoms with van der Waals surface area (Å²) >= 11 is 0. The van der Waals surface area contributed by atoms with Crippen molar-refractivity contribution in [1.29, 1.82) is 0 Å². The van der Waals surface area contributed by atoms with Gasteiger partial charge in [0.25, 0.3) is 0 Å². The van der Waals surface area contributed by atoms with Gasteiger partial charge in [0.1, 0.15) is 10.6 Å². The third-order valence-corrected chi connectivity index (χ3v) is 4.48. The molecule has 19 heavy (non-hydrogen) atoms. The van der Waals surface area contributed by atoms with Crippen molar-refractivity contribution in [1.82, 2.24) is 10.0 Å². The number of nitrogens with one attached hydrogen (secondary N) is 2. The summed E-state index contributed by atoms with van der Waals surface area (Å²) in [6, 6.07) is 5.05. The van der Waals surface area contributed by atoms with Crippen LogP contribution >= 0.6 is 0 Å². The lowest BCUT2D eigenvalue weighted by atomic mass is 10.2. The second-order valence-corrected chi connectivity index (χ2v) is 6.13. The van der Waals surface area contributed by atoms with E-state index in [0.29, 0.717) is 12.3 Å². The number of hydrogen-bond donors (Lipinski definition) is 2. The fourth-order valence-electron chi connectivity index (χ4n) is 1.66. The first kappa shape index (κ1) is 15.9. The van der Waals surface area contributed by atoms with E-state index in [4.69, 9.17) is 4.74 Å².